The molecule has 0 aliphatic heterocycles. The number of nitrogens with two attached hydrogens (primary N) is 1. The fourth-order valence-electron chi connectivity index (χ4n) is 3.50. The molecular formula is C20H28N6O2. The first-order valence-electron chi connectivity index (χ1n) is 9.75. The van der Waals surface area contributed by atoms with Crippen molar-refractivity contribution in [2.75, 3.05) is 11.1 Å². The van der Waals surface area contributed by atoms with Gasteiger partial charge >= 0.3 is 0 Å². The van der Waals surface area contributed by atoms with Crippen LogP contribution in [0.25, 0.3) is 0 Å². The monoisotopic (exact) mass is 384 g/mol. The molecular weight excluding hydrogens is 356 g/mol. The van der Waals surface area contributed by atoms with Gasteiger partial charge in [0, 0.05) is 30.2 Å². The number of nitrogens with one attached hydrogen (secondary N) is 2. The summed E-state index contributed by atoms with van der Waals surface area (Å²) in [7, 11) is 0. The Hall–Kier alpha value is -2.90. The number of aromatic nitrogens is 3. The predicted octanol–water partition coefficient (Wildman–Crippen LogP) is 1.90. The van der Waals surface area contributed by atoms with E-state index in [9.17, 15) is 9.59 Å². The summed E-state index contributed by atoms with van der Waals surface area (Å²) < 4.78 is 1.46. The van der Waals surface area contributed by atoms with E-state index in [-0.39, 0.29) is 24.1 Å². The lowest BCUT2D eigenvalue weighted by atomic mass is 9.95. The predicted molar refractivity (Wildman–Crippen MR) is 109 cm³/mol. The van der Waals surface area contributed by atoms with Gasteiger partial charge in [0.05, 0.1) is 0 Å². The molecule has 2 aromatic heterocycles. The number of amides is 1. The van der Waals surface area contributed by atoms with Gasteiger partial charge in [0.1, 0.15) is 12.4 Å². The highest BCUT2D eigenvalue weighted by Crippen LogP contribution is 2.19. The molecule has 1 amide bonds. The number of anilines is 2. The quantitative estimate of drug-likeness (QED) is 0.701. The molecule has 1 aliphatic carbocycles. The van der Waals surface area contributed by atoms with Crippen LogP contribution in [0.15, 0.2) is 23.1 Å². The molecule has 8 nitrogen and oxygen atoms in total. The molecule has 1 aliphatic rings. The highest BCUT2D eigenvalue weighted by Gasteiger charge is 2.17. The van der Waals surface area contributed by atoms with Crippen molar-refractivity contribution in [2.24, 2.45) is 0 Å². The molecule has 0 saturated heterocycles. The minimum absolute atomic E-state index is 0.0476. The molecule has 2 aromatic rings. The molecule has 0 radical (unpaired) electrons. The van der Waals surface area contributed by atoms with Crippen molar-refractivity contribution in [3.63, 3.8) is 0 Å². The van der Waals surface area contributed by atoms with Crippen molar-refractivity contribution in [1.29, 1.82) is 0 Å². The number of nitrogen functional groups attached to an aromatic ring is 1. The second-order valence-corrected chi connectivity index (χ2v) is 7.38. The molecule has 0 atom stereocenters. The molecule has 3 rings (SSSR count). The maximum atomic E-state index is 12.8. The summed E-state index contributed by atoms with van der Waals surface area (Å²) in [6, 6.07) is 3.82. The summed E-state index contributed by atoms with van der Waals surface area (Å²) in [5.41, 5.74) is 7.71. The zero-order valence-electron chi connectivity index (χ0n) is 16.5. The lowest BCUT2D eigenvalue weighted by Gasteiger charge is -2.23. The first kappa shape index (κ1) is 19.9. The fourth-order valence-corrected chi connectivity index (χ4v) is 3.50. The van der Waals surface area contributed by atoms with Crippen LogP contribution in [0, 0.1) is 13.8 Å². The van der Waals surface area contributed by atoms with Gasteiger partial charge in [-0.1, -0.05) is 25.3 Å². The number of carbonyl (C=O) groups is 1. The van der Waals surface area contributed by atoms with E-state index in [1.165, 1.54) is 23.8 Å². The van der Waals surface area contributed by atoms with Gasteiger partial charge in [-0.2, -0.15) is 0 Å². The van der Waals surface area contributed by atoms with Gasteiger partial charge in [0.2, 0.25) is 5.91 Å². The van der Waals surface area contributed by atoms with Crippen LogP contribution in [0.2, 0.25) is 0 Å². The van der Waals surface area contributed by atoms with Crippen LogP contribution in [-0.2, 0) is 17.9 Å². The van der Waals surface area contributed by atoms with Gasteiger partial charge in [-0.05, 0) is 38.3 Å². The molecule has 1 saturated carbocycles. The van der Waals surface area contributed by atoms with E-state index in [1.54, 1.807) is 19.2 Å². The third kappa shape index (κ3) is 4.88. The average molecular weight is 384 g/mol. The van der Waals surface area contributed by atoms with Crippen LogP contribution in [0.5, 0.6) is 0 Å². The summed E-state index contributed by atoms with van der Waals surface area (Å²) in [5, 5.41) is 6.11. The van der Waals surface area contributed by atoms with Gasteiger partial charge < -0.3 is 16.4 Å². The minimum atomic E-state index is -0.258. The van der Waals surface area contributed by atoms with Crippen molar-refractivity contribution < 1.29 is 4.79 Å². The standard InChI is InChI=1S/C20H28N6O2/c1-13-10-23-19(25-16-6-4-3-5-7-16)20(28)26(13)12-18(27)22-11-15-8-9-17(21)24-14(15)2/h8-10,16H,3-7,11-12H2,1-2H3,(H2,21,24)(H,22,27)(H,23,25). The summed E-state index contributed by atoms with van der Waals surface area (Å²) in [6.45, 7) is 3.91. The van der Waals surface area contributed by atoms with Crippen molar-refractivity contribution in [3.05, 3.63) is 45.6 Å². The zero-order valence-corrected chi connectivity index (χ0v) is 16.5. The highest BCUT2D eigenvalue weighted by atomic mass is 16.2. The second-order valence-electron chi connectivity index (χ2n) is 7.38. The number of carbonyl (C=O) groups excluding carboxylic acids is 1. The average Bonchev–Trinajstić information content (AvgIpc) is 2.67. The SMILES string of the molecule is Cc1nc(N)ccc1CNC(=O)Cn1c(C)cnc(NC2CCCCC2)c1=O. The molecule has 0 aromatic carbocycles. The van der Waals surface area contributed by atoms with E-state index in [1.807, 2.05) is 13.0 Å². The number of aryl methyl sites for hydroxylation is 2. The first-order valence-corrected chi connectivity index (χ1v) is 9.75. The minimum Gasteiger partial charge on any atom is -0.384 e. The van der Waals surface area contributed by atoms with E-state index < -0.39 is 0 Å². The lowest BCUT2D eigenvalue weighted by Crippen LogP contribution is -2.36. The topological polar surface area (TPSA) is 115 Å². The first-order chi connectivity index (χ1) is 13.4. The normalized spacial score (nSPS) is 14.6. The van der Waals surface area contributed by atoms with E-state index in [4.69, 9.17) is 5.73 Å². The van der Waals surface area contributed by atoms with Gasteiger partial charge in [-0.15, -0.1) is 0 Å². The van der Waals surface area contributed by atoms with Crippen molar-refractivity contribution in [3.8, 4) is 0 Å². The summed E-state index contributed by atoms with van der Waals surface area (Å²) in [4.78, 5) is 33.7. The molecule has 0 bridgehead atoms. The highest BCUT2D eigenvalue weighted by molar-refractivity contribution is 5.75. The number of rotatable bonds is 6. The number of nitrogens with zero attached hydrogens (tertiary/aromatic N) is 3. The van der Waals surface area contributed by atoms with Crippen LogP contribution >= 0.6 is 0 Å². The number of hydrogen-bond donors (Lipinski definition) is 3. The molecule has 0 unspecified atom stereocenters. The van der Waals surface area contributed by atoms with Crippen molar-refractivity contribution >= 4 is 17.5 Å². The maximum Gasteiger partial charge on any atom is 0.293 e. The van der Waals surface area contributed by atoms with Crippen LogP contribution in [0.3, 0.4) is 0 Å². The van der Waals surface area contributed by atoms with E-state index in [2.05, 4.69) is 20.6 Å². The molecule has 1 fully saturated rings. The molecule has 4 N–H and O–H groups in total. The van der Waals surface area contributed by atoms with Crippen LogP contribution in [0.4, 0.5) is 11.6 Å². The van der Waals surface area contributed by atoms with E-state index in [0.29, 0.717) is 23.9 Å². The van der Waals surface area contributed by atoms with Crippen LogP contribution < -0.4 is 21.9 Å². The molecule has 0 spiro atoms. The summed E-state index contributed by atoms with van der Waals surface area (Å²) in [6.07, 6.45) is 7.30. The Labute approximate surface area is 164 Å². The Kier molecular flexibility index (Phi) is 6.28. The van der Waals surface area contributed by atoms with Crippen LogP contribution in [0.1, 0.15) is 49.1 Å². The van der Waals surface area contributed by atoms with E-state index >= 15 is 0 Å². The Bertz CT molecular complexity index is 902. The molecule has 28 heavy (non-hydrogen) atoms. The Balaban J connectivity index is 1.66. The maximum absolute atomic E-state index is 12.8. The number of hydrogen-bond acceptors (Lipinski definition) is 6. The van der Waals surface area contributed by atoms with Crippen molar-refractivity contribution in [1.82, 2.24) is 19.9 Å². The van der Waals surface area contributed by atoms with Gasteiger partial charge in [0.25, 0.3) is 5.56 Å². The third-order valence-corrected chi connectivity index (χ3v) is 5.19. The van der Waals surface area contributed by atoms with E-state index in [0.717, 1.165) is 24.1 Å². The Morgan fingerprint density at radius 1 is 1.25 bits per heavy atom. The zero-order chi connectivity index (χ0) is 20.1. The largest absolute Gasteiger partial charge is 0.384 e. The summed E-state index contributed by atoms with van der Waals surface area (Å²) in [5.74, 6) is 0.532. The van der Waals surface area contributed by atoms with Crippen molar-refractivity contribution in [2.45, 2.75) is 65.1 Å². The molecule has 150 valence electrons. The second kappa shape index (κ2) is 8.86. The van der Waals surface area contributed by atoms with Gasteiger partial charge in [-0.3, -0.25) is 14.2 Å². The smallest absolute Gasteiger partial charge is 0.293 e. The fraction of sp³-hybridized carbons (Fsp3) is 0.500. The molecule has 8 heteroatoms. The molecule has 2 heterocycles. The number of pyridine rings is 1. The third-order valence-electron chi connectivity index (χ3n) is 5.19. The summed E-state index contributed by atoms with van der Waals surface area (Å²) >= 11 is 0. The van der Waals surface area contributed by atoms with Gasteiger partial charge in [-0.25, -0.2) is 9.97 Å². The lowest BCUT2D eigenvalue weighted by molar-refractivity contribution is -0.121. The van der Waals surface area contributed by atoms with Gasteiger partial charge in [0.15, 0.2) is 5.82 Å². The Morgan fingerprint density at radius 2 is 2.00 bits per heavy atom. The Morgan fingerprint density at radius 3 is 2.71 bits per heavy atom. The van der Waals surface area contributed by atoms with Crippen LogP contribution in [-0.4, -0.2) is 26.5 Å².